The van der Waals surface area contributed by atoms with Crippen molar-refractivity contribution in [1.29, 1.82) is 0 Å². The topological polar surface area (TPSA) is 72.5 Å². The highest BCUT2D eigenvalue weighted by atomic mass is 35.5. The number of aromatic carboxylic acids is 1. The number of benzene rings is 2. The van der Waals surface area contributed by atoms with Crippen molar-refractivity contribution >= 4 is 23.3 Å². The molecule has 1 fully saturated rings. The minimum Gasteiger partial charge on any atom is -0.476 e. The fourth-order valence-corrected chi connectivity index (χ4v) is 3.51. The van der Waals surface area contributed by atoms with E-state index in [2.05, 4.69) is 38.9 Å². The van der Waals surface area contributed by atoms with Gasteiger partial charge in [0.25, 0.3) is 0 Å². The van der Waals surface area contributed by atoms with Gasteiger partial charge in [0.05, 0.1) is 5.69 Å². The van der Waals surface area contributed by atoms with Crippen LogP contribution in [0.25, 0.3) is 22.6 Å². The highest BCUT2D eigenvalue weighted by Gasteiger charge is 2.19. The number of hydrogen-bond acceptors (Lipinski definition) is 4. The Morgan fingerprint density at radius 2 is 1.61 bits per heavy atom. The zero-order valence-corrected chi connectivity index (χ0v) is 16.3. The predicted molar refractivity (Wildman–Crippen MR) is 111 cm³/mol. The molecule has 0 bridgehead atoms. The molecule has 0 radical (unpaired) electrons. The third-order valence-corrected chi connectivity index (χ3v) is 5.30. The van der Waals surface area contributed by atoms with Crippen LogP contribution in [0.3, 0.4) is 0 Å². The van der Waals surface area contributed by atoms with E-state index in [1.807, 2.05) is 12.1 Å². The van der Waals surface area contributed by atoms with Gasteiger partial charge in [0.15, 0.2) is 5.69 Å². The van der Waals surface area contributed by atoms with Gasteiger partial charge in [-0.2, -0.15) is 0 Å². The summed E-state index contributed by atoms with van der Waals surface area (Å²) < 4.78 is 0. The van der Waals surface area contributed by atoms with Crippen LogP contribution >= 0.6 is 11.6 Å². The van der Waals surface area contributed by atoms with Gasteiger partial charge in [-0.15, -0.1) is 0 Å². The number of nitrogens with one attached hydrogen (secondary N) is 1. The average molecular weight is 397 g/mol. The quantitative estimate of drug-likeness (QED) is 0.700. The third-order valence-electron chi connectivity index (χ3n) is 5.05. The summed E-state index contributed by atoms with van der Waals surface area (Å²) in [5.74, 6) is -0.534. The summed E-state index contributed by atoms with van der Waals surface area (Å²) in [5.41, 5.74) is 3.22. The summed E-state index contributed by atoms with van der Waals surface area (Å²) in [6.45, 7) is 4.10. The smallest absolute Gasteiger partial charge is 0.356 e. The van der Waals surface area contributed by atoms with Crippen LogP contribution in [0.2, 0.25) is 5.02 Å². The first-order valence-electron chi connectivity index (χ1n) is 9.14. The van der Waals surface area contributed by atoms with Crippen LogP contribution in [-0.4, -0.2) is 59.2 Å². The molecule has 144 valence electrons. The number of nitrogens with zero attached hydrogens (tertiary/aromatic N) is 3. The predicted octanol–water partition coefficient (Wildman–Crippen LogP) is 3.85. The molecule has 4 rings (SSSR count). The van der Waals surface area contributed by atoms with Crippen LogP contribution in [-0.2, 0) is 0 Å². The Balaban J connectivity index is 1.63. The number of rotatable bonds is 4. The maximum Gasteiger partial charge on any atom is 0.356 e. The van der Waals surface area contributed by atoms with Gasteiger partial charge in [0, 0.05) is 48.0 Å². The van der Waals surface area contributed by atoms with Crippen molar-refractivity contribution in [3.8, 4) is 22.6 Å². The van der Waals surface area contributed by atoms with Crippen LogP contribution in [0.5, 0.6) is 0 Å². The highest BCUT2D eigenvalue weighted by Crippen LogP contribution is 2.28. The largest absolute Gasteiger partial charge is 0.476 e. The van der Waals surface area contributed by atoms with Crippen LogP contribution in [0.1, 0.15) is 10.5 Å². The van der Waals surface area contributed by atoms with E-state index in [4.69, 9.17) is 11.6 Å². The first kappa shape index (κ1) is 18.5. The molecule has 28 heavy (non-hydrogen) atoms. The number of halogens is 1. The number of aromatic amines is 1. The number of aromatic nitrogens is 2. The summed E-state index contributed by atoms with van der Waals surface area (Å²) in [4.78, 5) is 23.8. The van der Waals surface area contributed by atoms with Crippen molar-refractivity contribution in [3.63, 3.8) is 0 Å². The lowest BCUT2D eigenvalue weighted by Gasteiger charge is -2.34. The average Bonchev–Trinajstić information content (AvgIpc) is 3.15. The van der Waals surface area contributed by atoms with Crippen molar-refractivity contribution < 1.29 is 9.90 Å². The fourth-order valence-electron chi connectivity index (χ4n) is 3.38. The van der Waals surface area contributed by atoms with Gasteiger partial charge in [-0.25, -0.2) is 9.78 Å². The van der Waals surface area contributed by atoms with Gasteiger partial charge >= 0.3 is 5.97 Å². The Morgan fingerprint density at radius 3 is 2.21 bits per heavy atom. The minimum absolute atomic E-state index is 0.000432. The van der Waals surface area contributed by atoms with Gasteiger partial charge in [-0.1, -0.05) is 23.7 Å². The maximum atomic E-state index is 11.7. The van der Waals surface area contributed by atoms with Crippen molar-refractivity contribution in [3.05, 3.63) is 59.2 Å². The lowest BCUT2D eigenvalue weighted by molar-refractivity contribution is 0.0692. The zero-order chi connectivity index (χ0) is 19.7. The highest BCUT2D eigenvalue weighted by molar-refractivity contribution is 6.30. The molecule has 2 N–H and O–H groups in total. The molecule has 0 unspecified atom stereocenters. The molecule has 1 saturated heterocycles. The number of piperazine rings is 1. The normalized spacial score (nSPS) is 15.0. The summed E-state index contributed by atoms with van der Waals surface area (Å²) in [6, 6.07) is 15.1. The van der Waals surface area contributed by atoms with E-state index >= 15 is 0 Å². The van der Waals surface area contributed by atoms with Crippen LogP contribution in [0, 0.1) is 0 Å². The van der Waals surface area contributed by atoms with Gasteiger partial charge < -0.3 is 19.9 Å². The molecule has 2 heterocycles. The second-order valence-corrected chi connectivity index (χ2v) is 7.39. The molecule has 2 aromatic carbocycles. The maximum absolute atomic E-state index is 11.7. The lowest BCUT2D eigenvalue weighted by atomic mass is 10.1. The zero-order valence-electron chi connectivity index (χ0n) is 15.5. The van der Waals surface area contributed by atoms with E-state index in [1.54, 1.807) is 24.3 Å². The summed E-state index contributed by atoms with van der Waals surface area (Å²) in [5, 5.41) is 10.2. The van der Waals surface area contributed by atoms with E-state index in [1.165, 1.54) is 5.69 Å². The van der Waals surface area contributed by atoms with E-state index in [0.29, 0.717) is 16.5 Å². The fraction of sp³-hybridized carbons (Fsp3) is 0.238. The molecular formula is C21H21ClN4O2. The van der Waals surface area contributed by atoms with Gasteiger partial charge in [-0.05, 0) is 43.4 Å². The Kier molecular flexibility index (Phi) is 5.07. The van der Waals surface area contributed by atoms with Crippen LogP contribution < -0.4 is 4.90 Å². The van der Waals surface area contributed by atoms with E-state index in [-0.39, 0.29) is 5.69 Å². The number of H-pyrrole nitrogens is 1. The Labute approximate surface area is 168 Å². The molecule has 6 nitrogen and oxygen atoms in total. The summed E-state index contributed by atoms with van der Waals surface area (Å²) >= 11 is 5.94. The molecule has 0 amide bonds. The van der Waals surface area contributed by atoms with E-state index < -0.39 is 5.97 Å². The Hall–Kier alpha value is -2.83. The number of carbonyl (C=O) groups is 1. The Morgan fingerprint density at radius 1 is 1.00 bits per heavy atom. The van der Waals surface area contributed by atoms with Gasteiger partial charge in [-0.3, -0.25) is 0 Å². The lowest BCUT2D eigenvalue weighted by Crippen LogP contribution is -2.44. The monoisotopic (exact) mass is 396 g/mol. The van der Waals surface area contributed by atoms with E-state index in [0.717, 1.165) is 37.3 Å². The van der Waals surface area contributed by atoms with Crippen molar-refractivity contribution in [2.45, 2.75) is 0 Å². The standard InChI is InChI=1S/C21H21ClN4O2/c1-25-10-12-26(13-11-25)17-8-4-15(5-9-17)20-23-18(19(24-20)21(27)28)14-2-6-16(22)7-3-14/h2-9H,10-13H2,1H3,(H,23,24)(H,27,28). The molecule has 3 aromatic rings. The number of imidazole rings is 1. The molecule has 0 aliphatic carbocycles. The first-order chi connectivity index (χ1) is 13.5. The van der Waals surface area contributed by atoms with Crippen molar-refractivity contribution in [2.75, 3.05) is 38.1 Å². The molecule has 1 aromatic heterocycles. The Bertz CT molecular complexity index is 975. The first-order valence-corrected chi connectivity index (χ1v) is 9.52. The van der Waals surface area contributed by atoms with Crippen molar-refractivity contribution in [2.24, 2.45) is 0 Å². The minimum atomic E-state index is -1.07. The molecule has 0 spiro atoms. The molecular weight excluding hydrogens is 376 g/mol. The summed E-state index contributed by atoms with van der Waals surface area (Å²) in [6.07, 6.45) is 0. The molecule has 0 atom stereocenters. The van der Waals surface area contributed by atoms with Crippen LogP contribution in [0.4, 0.5) is 5.69 Å². The molecule has 1 aliphatic rings. The van der Waals surface area contributed by atoms with Crippen LogP contribution in [0.15, 0.2) is 48.5 Å². The molecule has 1 aliphatic heterocycles. The second-order valence-electron chi connectivity index (χ2n) is 6.96. The SMILES string of the molecule is CN1CCN(c2ccc(-c3nc(C(=O)O)c(-c4ccc(Cl)cc4)[nH]3)cc2)CC1. The van der Waals surface area contributed by atoms with Crippen molar-refractivity contribution in [1.82, 2.24) is 14.9 Å². The number of hydrogen-bond donors (Lipinski definition) is 2. The van der Waals surface area contributed by atoms with Gasteiger partial charge in [0.1, 0.15) is 5.82 Å². The third kappa shape index (κ3) is 3.74. The number of carboxylic acid groups (broad SMARTS) is 1. The molecule has 7 heteroatoms. The molecule has 0 saturated carbocycles. The number of anilines is 1. The number of likely N-dealkylation sites (N-methyl/N-ethyl adjacent to an activating group) is 1. The van der Waals surface area contributed by atoms with E-state index in [9.17, 15) is 9.90 Å². The summed E-state index contributed by atoms with van der Waals surface area (Å²) in [7, 11) is 2.13. The number of carboxylic acids is 1. The van der Waals surface area contributed by atoms with Gasteiger partial charge in [0.2, 0.25) is 0 Å². The second kappa shape index (κ2) is 7.66.